The van der Waals surface area contributed by atoms with Gasteiger partial charge in [0.1, 0.15) is 11.5 Å². The number of amides is 1. The van der Waals surface area contributed by atoms with Gasteiger partial charge in [-0.2, -0.15) is 0 Å². The molecule has 0 aliphatic carbocycles. The fraction of sp³-hybridized carbons (Fsp3) is 0.412. The molecule has 0 radical (unpaired) electrons. The summed E-state index contributed by atoms with van der Waals surface area (Å²) in [5.74, 6) is 1.30. The van der Waals surface area contributed by atoms with Crippen LogP contribution >= 0.6 is 0 Å². The van der Waals surface area contributed by atoms with E-state index < -0.39 is 0 Å². The second-order valence-corrected chi connectivity index (χ2v) is 6.00. The third-order valence-electron chi connectivity index (χ3n) is 4.34. The van der Waals surface area contributed by atoms with Crippen molar-refractivity contribution in [3.05, 3.63) is 36.1 Å². The molecule has 7 heteroatoms. The summed E-state index contributed by atoms with van der Waals surface area (Å²) in [5.41, 5.74) is 0.840. The van der Waals surface area contributed by atoms with E-state index in [0.29, 0.717) is 11.6 Å². The molecule has 1 aliphatic rings. The van der Waals surface area contributed by atoms with Crippen LogP contribution in [0.4, 0.5) is 11.5 Å². The predicted molar refractivity (Wildman–Crippen MR) is 91.2 cm³/mol. The molecule has 1 amide bonds. The fourth-order valence-electron chi connectivity index (χ4n) is 2.90. The van der Waals surface area contributed by atoms with Gasteiger partial charge >= 0.3 is 0 Å². The van der Waals surface area contributed by atoms with Gasteiger partial charge in [-0.15, -0.1) is 0 Å². The number of carbonyl (C=O) groups is 1. The number of phenols is 1. The molecule has 1 atom stereocenters. The lowest BCUT2D eigenvalue weighted by atomic mass is 10.2. The summed E-state index contributed by atoms with van der Waals surface area (Å²) in [4.78, 5) is 16.6. The number of rotatable bonds is 4. The molecule has 0 spiro atoms. The number of nitrogens with one attached hydrogen (secondary N) is 1. The minimum Gasteiger partial charge on any atom is -0.506 e. The van der Waals surface area contributed by atoms with Crippen LogP contribution in [0.15, 0.2) is 34.9 Å². The number of hydrogen-bond donors (Lipinski definition) is 2. The maximum atomic E-state index is 12.3. The number of benzene rings is 1. The fourth-order valence-corrected chi connectivity index (χ4v) is 2.90. The number of aromatic nitrogens is 1. The summed E-state index contributed by atoms with van der Waals surface area (Å²) in [5, 5.41) is 16.5. The van der Waals surface area contributed by atoms with Crippen LogP contribution < -0.4 is 10.2 Å². The molecule has 2 heterocycles. The first-order valence-electron chi connectivity index (χ1n) is 8.06. The van der Waals surface area contributed by atoms with Crippen LogP contribution in [0.25, 0.3) is 0 Å². The summed E-state index contributed by atoms with van der Waals surface area (Å²) >= 11 is 0. The van der Waals surface area contributed by atoms with Crippen LogP contribution in [-0.2, 0) is 4.79 Å². The van der Waals surface area contributed by atoms with E-state index >= 15 is 0 Å². The molecule has 128 valence electrons. The van der Waals surface area contributed by atoms with Gasteiger partial charge in [0.05, 0.1) is 11.7 Å². The minimum absolute atomic E-state index is 0.0979. The number of aromatic hydroxyl groups is 1. The average molecular weight is 330 g/mol. The highest BCUT2D eigenvalue weighted by atomic mass is 16.5. The van der Waals surface area contributed by atoms with E-state index in [1.807, 2.05) is 25.1 Å². The molecule has 2 aromatic rings. The van der Waals surface area contributed by atoms with Gasteiger partial charge in [-0.3, -0.25) is 9.69 Å². The molecule has 2 N–H and O–H groups in total. The third-order valence-corrected chi connectivity index (χ3v) is 4.34. The number of phenolic OH excluding ortho intramolecular Hbond substituents is 1. The van der Waals surface area contributed by atoms with Gasteiger partial charge in [0.15, 0.2) is 5.82 Å². The maximum Gasteiger partial charge on any atom is 0.242 e. The Labute approximate surface area is 140 Å². The van der Waals surface area contributed by atoms with E-state index in [2.05, 4.69) is 20.3 Å². The van der Waals surface area contributed by atoms with Crippen molar-refractivity contribution in [3.8, 4) is 5.75 Å². The first-order valence-corrected chi connectivity index (χ1v) is 8.06. The van der Waals surface area contributed by atoms with Crippen molar-refractivity contribution in [1.82, 2.24) is 10.1 Å². The van der Waals surface area contributed by atoms with E-state index in [0.717, 1.165) is 31.9 Å². The zero-order chi connectivity index (χ0) is 17.1. The Morgan fingerprint density at radius 3 is 2.62 bits per heavy atom. The number of para-hydroxylation sites is 2. The Balaban J connectivity index is 1.56. The average Bonchev–Trinajstić information content (AvgIpc) is 2.99. The molecule has 0 bridgehead atoms. The van der Waals surface area contributed by atoms with Crippen LogP contribution in [-0.4, -0.2) is 53.3 Å². The summed E-state index contributed by atoms with van der Waals surface area (Å²) in [6, 6.07) is 8.77. The van der Waals surface area contributed by atoms with Crippen LogP contribution in [0.5, 0.6) is 5.75 Å². The number of anilines is 2. The zero-order valence-electron chi connectivity index (χ0n) is 13.9. The van der Waals surface area contributed by atoms with Crippen LogP contribution in [0, 0.1) is 6.92 Å². The van der Waals surface area contributed by atoms with Gasteiger partial charge in [0.2, 0.25) is 5.91 Å². The molecule has 1 aromatic carbocycles. The summed E-state index contributed by atoms with van der Waals surface area (Å²) in [6.07, 6.45) is 0. The topological polar surface area (TPSA) is 81.8 Å². The van der Waals surface area contributed by atoms with Gasteiger partial charge in [0, 0.05) is 32.2 Å². The number of carbonyl (C=O) groups excluding carboxylic acids is 1. The van der Waals surface area contributed by atoms with Crippen molar-refractivity contribution in [2.75, 3.05) is 36.4 Å². The lowest BCUT2D eigenvalue weighted by molar-refractivity contribution is -0.120. The predicted octanol–water partition coefficient (Wildman–Crippen LogP) is 1.84. The lowest BCUT2D eigenvalue weighted by Crippen LogP contribution is -2.52. The first kappa shape index (κ1) is 16.3. The Morgan fingerprint density at radius 1 is 1.29 bits per heavy atom. The summed E-state index contributed by atoms with van der Waals surface area (Å²) in [7, 11) is 0. The maximum absolute atomic E-state index is 12.3. The molecule has 0 saturated carbocycles. The zero-order valence-corrected chi connectivity index (χ0v) is 13.9. The Morgan fingerprint density at radius 2 is 2.00 bits per heavy atom. The van der Waals surface area contributed by atoms with Gasteiger partial charge in [-0.05, 0) is 26.0 Å². The van der Waals surface area contributed by atoms with Crippen molar-refractivity contribution in [1.29, 1.82) is 0 Å². The highest BCUT2D eigenvalue weighted by molar-refractivity contribution is 5.93. The normalized spacial score (nSPS) is 16.8. The summed E-state index contributed by atoms with van der Waals surface area (Å²) in [6.45, 7) is 6.69. The van der Waals surface area contributed by atoms with E-state index in [9.17, 15) is 9.90 Å². The third kappa shape index (κ3) is 3.51. The van der Waals surface area contributed by atoms with Crippen LogP contribution in [0.3, 0.4) is 0 Å². The van der Waals surface area contributed by atoms with E-state index in [-0.39, 0.29) is 17.7 Å². The van der Waals surface area contributed by atoms with Gasteiger partial charge in [0.25, 0.3) is 0 Å². The number of nitrogens with zero attached hydrogens (tertiary/aromatic N) is 3. The molecule has 24 heavy (non-hydrogen) atoms. The van der Waals surface area contributed by atoms with Crippen molar-refractivity contribution in [2.45, 2.75) is 19.9 Å². The highest BCUT2D eigenvalue weighted by Gasteiger charge is 2.26. The van der Waals surface area contributed by atoms with E-state index in [1.165, 1.54) is 0 Å². The number of aryl methyl sites for hydroxylation is 1. The summed E-state index contributed by atoms with van der Waals surface area (Å²) < 4.78 is 4.96. The molecular formula is C17H22N4O3. The molecule has 7 nitrogen and oxygen atoms in total. The standard InChI is InChI=1S/C17H22N4O3/c1-12-11-16(19-24-12)18-17(23)13(2)20-7-9-21(10-8-20)14-5-3-4-6-15(14)22/h3-6,11,13,22H,7-10H2,1-2H3,(H,18,19,23). The quantitative estimate of drug-likeness (QED) is 0.890. The van der Waals surface area contributed by atoms with Crippen LogP contribution in [0.1, 0.15) is 12.7 Å². The Bertz CT molecular complexity index is 707. The van der Waals surface area contributed by atoms with Gasteiger partial charge in [-0.1, -0.05) is 17.3 Å². The van der Waals surface area contributed by atoms with Crippen molar-refractivity contribution in [3.63, 3.8) is 0 Å². The molecule has 3 rings (SSSR count). The largest absolute Gasteiger partial charge is 0.506 e. The Kier molecular flexibility index (Phi) is 4.71. The second kappa shape index (κ2) is 6.92. The monoisotopic (exact) mass is 330 g/mol. The molecule has 1 aliphatic heterocycles. The molecular weight excluding hydrogens is 308 g/mol. The molecule has 1 fully saturated rings. The smallest absolute Gasteiger partial charge is 0.242 e. The number of piperazine rings is 1. The van der Waals surface area contributed by atoms with Crippen molar-refractivity contribution < 1.29 is 14.4 Å². The molecule has 1 saturated heterocycles. The molecule has 1 aromatic heterocycles. The van der Waals surface area contributed by atoms with Gasteiger partial charge < -0.3 is 19.8 Å². The lowest BCUT2D eigenvalue weighted by Gasteiger charge is -2.38. The number of hydrogen-bond acceptors (Lipinski definition) is 6. The van der Waals surface area contributed by atoms with E-state index in [1.54, 1.807) is 19.1 Å². The van der Waals surface area contributed by atoms with Gasteiger partial charge in [-0.25, -0.2) is 0 Å². The van der Waals surface area contributed by atoms with Crippen molar-refractivity contribution >= 4 is 17.4 Å². The highest BCUT2D eigenvalue weighted by Crippen LogP contribution is 2.27. The van der Waals surface area contributed by atoms with E-state index in [4.69, 9.17) is 4.52 Å². The van der Waals surface area contributed by atoms with Crippen molar-refractivity contribution in [2.24, 2.45) is 0 Å². The Hall–Kier alpha value is -2.54. The second-order valence-electron chi connectivity index (χ2n) is 6.00. The molecule has 1 unspecified atom stereocenters. The first-order chi connectivity index (χ1) is 11.5. The minimum atomic E-state index is -0.256. The van der Waals surface area contributed by atoms with Crippen LogP contribution in [0.2, 0.25) is 0 Å². The SMILES string of the molecule is Cc1cc(NC(=O)C(C)N2CCN(c3ccccc3O)CC2)no1.